The van der Waals surface area contributed by atoms with Crippen molar-refractivity contribution >= 4 is 23.6 Å². The van der Waals surface area contributed by atoms with Gasteiger partial charge < -0.3 is 20.7 Å². The van der Waals surface area contributed by atoms with E-state index in [4.69, 9.17) is 4.74 Å². The Morgan fingerprint density at radius 1 is 1.28 bits per heavy atom. The molecule has 0 heterocycles. The van der Waals surface area contributed by atoms with Crippen LogP contribution in [0.4, 0.5) is 0 Å². The van der Waals surface area contributed by atoms with Crippen LogP contribution in [0.1, 0.15) is 24.8 Å². The van der Waals surface area contributed by atoms with E-state index in [1.807, 2.05) is 36.0 Å². The first-order chi connectivity index (χ1) is 12.1. The zero-order chi connectivity index (χ0) is 18.1. The molecule has 2 unspecified atom stereocenters. The SMILES string of the molecule is CN=C(NCC(=O)NCc1ccc(OC)cc1)NC1CCC(SC)C1. The number of carbonyl (C=O) groups excluding carboxylic acids is 1. The van der Waals surface area contributed by atoms with Gasteiger partial charge in [0.25, 0.3) is 0 Å². The highest BCUT2D eigenvalue weighted by molar-refractivity contribution is 7.99. The number of guanidine groups is 1. The molecule has 1 aromatic carbocycles. The molecule has 0 radical (unpaired) electrons. The maximum atomic E-state index is 12.0. The number of aliphatic imine (C=N–C) groups is 1. The Bertz CT molecular complexity index is 577. The van der Waals surface area contributed by atoms with E-state index in [2.05, 4.69) is 27.2 Å². The van der Waals surface area contributed by atoms with Gasteiger partial charge in [0.05, 0.1) is 13.7 Å². The first-order valence-corrected chi connectivity index (χ1v) is 9.83. The van der Waals surface area contributed by atoms with E-state index >= 15 is 0 Å². The molecule has 2 atom stereocenters. The van der Waals surface area contributed by atoms with Crippen LogP contribution in [0.15, 0.2) is 29.3 Å². The van der Waals surface area contributed by atoms with Gasteiger partial charge in [0.15, 0.2) is 5.96 Å². The van der Waals surface area contributed by atoms with Crippen LogP contribution in [-0.2, 0) is 11.3 Å². The smallest absolute Gasteiger partial charge is 0.239 e. The monoisotopic (exact) mass is 364 g/mol. The summed E-state index contributed by atoms with van der Waals surface area (Å²) >= 11 is 1.92. The van der Waals surface area contributed by atoms with Crippen LogP contribution in [0.5, 0.6) is 5.75 Å². The summed E-state index contributed by atoms with van der Waals surface area (Å²) in [5, 5.41) is 10.1. The van der Waals surface area contributed by atoms with E-state index in [0.29, 0.717) is 18.5 Å². The van der Waals surface area contributed by atoms with E-state index in [1.54, 1.807) is 14.2 Å². The number of benzene rings is 1. The Kier molecular flexibility index (Phi) is 7.91. The summed E-state index contributed by atoms with van der Waals surface area (Å²) in [4.78, 5) is 16.2. The second-order valence-electron chi connectivity index (χ2n) is 6.06. The van der Waals surface area contributed by atoms with Crippen LogP contribution in [0.3, 0.4) is 0 Å². The van der Waals surface area contributed by atoms with Gasteiger partial charge in [-0.2, -0.15) is 11.8 Å². The van der Waals surface area contributed by atoms with Crippen molar-refractivity contribution in [1.82, 2.24) is 16.0 Å². The third kappa shape index (κ3) is 6.49. The maximum Gasteiger partial charge on any atom is 0.239 e. The molecule has 7 heteroatoms. The van der Waals surface area contributed by atoms with Gasteiger partial charge in [0.2, 0.25) is 5.91 Å². The number of rotatable bonds is 7. The predicted molar refractivity (Wildman–Crippen MR) is 104 cm³/mol. The molecule has 0 aliphatic heterocycles. The fraction of sp³-hybridized carbons (Fsp3) is 0.556. The van der Waals surface area contributed by atoms with Crippen LogP contribution >= 0.6 is 11.8 Å². The molecule has 138 valence electrons. The van der Waals surface area contributed by atoms with Crippen LogP contribution in [0.25, 0.3) is 0 Å². The van der Waals surface area contributed by atoms with Crippen LogP contribution in [-0.4, -0.2) is 50.1 Å². The van der Waals surface area contributed by atoms with Gasteiger partial charge in [0, 0.05) is 24.9 Å². The number of carbonyl (C=O) groups is 1. The number of thioether (sulfide) groups is 1. The third-order valence-electron chi connectivity index (χ3n) is 4.35. The Balaban J connectivity index is 1.68. The first kappa shape index (κ1) is 19.4. The molecule has 25 heavy (non-hydrogen) atoms. The maximum absolute atomic E-state index is 12.0. The normalized spacial score (nSPS) is 20.2. The molecule has 0 saturated heterocycles. The standard InChI is InChI=1S/C18H28N4O2S/c1-19-18(22-14-6-9-16(10-14)25-3)21-12-17(23)20-11-13-4-7-15(24-2)8-5-13/h4-5,7-8,14,16H,6,9-12H2,1-3H3,(H,20,23)(H2,19,21,22). The molecule has 1 aromatic rings. The molecule has 1 fully saturated rings. The Morgan fingerprint density at radius 2 is 2.04 bits per heavy atom. The summed E-state index contributed by atoms with van der Waals surface area (Å²) in [5.74, 6) is 1.43. The highest BCUT2D eigenvalue weighted by atomic mass is 32.2. The van der Waals surface area contributed by atoms with Crippen LogP contribution < -0.4 is 20.7 Å². The summed E-state index contributed by atoms with van der Waals surface area (Å²) < 4.78 is 5.12. The highest BCUT2D eigenvalue weighted by Gasteiger charge is 2.24. The largest absolute Gasteiger partial charge is 0.497 e. The quantitative estimate of drug-likeness (QED) is 0.508. The summed E-state index contributed by atoms with van der Waals surface area (Å²) in [6, 6.07) is 8.08. The summed E-state index contributed by atoms with van der Waals surface area (Å²) in [7, 11) is 3.36. The molecule has 1 saturated carbocycles. The molecule has 6 nitrogen and oxygen atoms in total. The lowest BCUT2D eigenvalue weighted by Gasteiger charge is -2.17. The van der Waals surface area contributed by atoms with Crippen molar-refractivity contribution < 1.29 is 9.53 Å². The van der Waals surface area contributed by atoms with Gasteiger partial charge in [0.1, 0.15) is 5.75 Å². The molecule has 0 spiro atoms. The average molecular weight is 365 g/mol. The van der Waals surface area contributed by atoms with Gasteiger partial charge >= 0.3 is 0 Å². The Morgan fingerprint density at radius 3 is 2.64 bits per heavy atom. The van der Waals surface area contributed by atoms with Crippen molar-refractivity contribution in [2.75, 3.05) is 27.0 Å². The van der Waals surface area contributed by atoms with Crippen molar-refractivity contribution in [2.24, 2.45) is 4.99 Å². The second kappa shape index (κ2) is 10.2. The van der Waals surface area contributed by atoms with Crippen molar-refractivity contribution in [3.8, 4) is 5.75 Å². The van der Waals surface area contributed by atoms with Gasteiger partial charge in [-0.1, -0.05) is 12.1 Å². The van der Waals surface area contributed by atoms with Crippen molar-refractivity contribution in [1.29, 1.82) is 0 Å². The van der Waals surface area contributed by atoms with E-state index in [9.17, 15) is 4.79 Å². The third-order valence-corrected chi connectivity index (χ3v) is 5.44. The molecule has 1 aliphatic carbocycles. The number of nitrogens with one attached hydrogen (secondary N) is 3. The van der Waals surface area contributed by atoms with Crippen LogP contribution in [0.2, 0.25) is 0 Å². The van der Waals surface area contributed by atoms with E-state index in [1.165, 1.54) is 6.42 Å². The van der Waals surface area contributed by atoms with Gasteiger partial charge in [-0.15, -0.1) is 0 Å². The topological polar surface area (TPSA) is 74.8 Å². The first-order valence-electron chi connectivity index (χ1n) is 8.54. The van der Waals surface area contributed by atoms with Gasteiger partial charge in [-0.3, -0.25) is 9.79 Å². The van der Waals surface area contributed by atoms with Gasteiger partial charge in [-0.05, 0) is 43.2 Å². The molecule has 3 N–H and O–H groups in total. The number of nitrogens with zero attached hydrogens (tertiary/aromatic N) is 1. The minimum atomic E-state index is -0.0628. The number of hydrogen-bond donors (Lipinski definition) is 3. The zero-order valence-corrected chi connectivity index (χ0v) is 16.0. The van der Waals surface area contributed by atoms with Gasteiger partial charge in [-0.25, -0.2) is 0 Å². The fourth-order valence-corrected chi connectivity index (χ4v) is 3.64. The molecule has 0 bridgehead atoms. The molecule has 0 aromatic heterocycles. The predicted octanol–water partition coefficient (Wildman–Crippen LogP) is 1.76. The zero-order valence-electron chi connectivity index (χ0n) is 15.2. The molecular formula is C18H28N4O2S. The number of methoxy groups -OCH3 is 1. The minimum Gasteiger partial charge on any atom is -0.497 e. The van der Waals surface area contributed by atoms with E-state index < -0.39 is 0 Å². The Hall–Kier alpha value is -1.89. The summed E-state index contributed by atoms with van der Waals surface area (Å²) in [5.41, 5.74) is 1.03. The lowest BCUT2D eigenvalue weighted by molar-refractivity contribution is -0.120. The van der Waals surface area contributed by atoms with Crippen molar-refractivity contribution in [2.45, 2.75) is 37.1 Å². The average Bonchev–Trinajstić information content (AvgIpc) is 3.11. The van der Waals surface area contributed by atoms with E-state index in [0.717, 1.165) is 29.4 Å². The number of ether oxygens (including phenoxy) is 1. The Labute approximate surface area is 154 Å². The van der Waals surface area contributed by atoms with E-state index in [-0.39, 0.29) is 12.5 Å². The number of hydrogen-bond acceptors (Lipinski definition) is 4. The molecule has 1 aliphatic rings. The lowest BCUT2D eigenvalue weighted by atomic mass is 10.2. The summed E-state index contributed by atoms with van der Waals surface area (Å²) in [6.07, 6.45) is 5.69. The van der Waals surface area contributed by atoms with Crippen molar-refractivity contribution in [3.63, 3.8) is 0 Å². The fourth-order valence-electron chi connectivity index (χ4n) is 2.84. The molecular weight excluding hydrogens is 336 g/mol. The van der Waals surface area contributed by atoms with Crippen LogP contribution in [0, 0.1) is 0 Å². The minimum absolute atomic E-state index is 0.0628. The lowest BCUT2D eigenvalue weighted by Crippen LogP contribution is -2.46. The second-order valence-corrected chi connectivity index (χ2v) is 7.20. The summed E-state index contributed by atoms with van der Waals surface area (Å²) in [6.45, 7) is 0.697. The van der Waals surface area contributed by atoms with Crippen molar-refractivity contribution in [3.05, 3.63) is 29.8 Å². The molecule has 1 amide bonds. The highest BCUT2D eigenvalue weighted by Crippen LogP contribution is 2.27. The number of amides is 1. The molecule has 2 rings (SSSR count).